The van der Waals surface area contributed by atoms with Crippen LogP contribution < -0.4 is 10.1 Å². The number of hydrogen-bond donors (Lipinski definition) is 1. The van der Waals surface area contributed by atoms with Crippen molar-refractivity contribution >= 4 is 0 Å². The minimum absolute atomic E-state index is 0.592. The number of rotatable bonds is 4. The molecule has 0 aliphatic carbocycles. The largest absolute Gasteiger partial charge is 0.493 e. The second-order valence-electron chi connectivity index (χ2n) is 4.27. The SMILES string of the molecule is CNC(C)CCc1ccc2c(c1)CCO2. The Kier molecular flexibility index (Phi) is 3.27. The number of hydrogen-bond acceptors (Lipinski definition) is 2. The lowest BCUT2D eigenvalue weighted by atomic mass is 10.0. The van der Waals surface area contributed by atoms with Crippen molar-refractivity contribution < 1.29 is 4.74 Å². The van der Waals surface area contributed by atoms with Crippen LogP contribution in [0.5, 0.6) is 5.75 Å². The monoisotopic (exact) mass is 205 g/mol. The van der Waals surface area contributed by atoms with Crippen molar-refractivity contribution in [2.45, 2.75) is 32.2 Å². The average Bonchev–Trinajstić information content (AvgIpc) is 2.72. The molecule has 0 spiro atoms. The van der Waals surface area contributed by atoms with Crippen molar-refractivity contribution in [3.63, 3.8) is 0 Å². The van der Waals surface area contributed by atoms with Gasteiger partial charge in [0.05, 0.1) is 6.61 Å². The van der Waals surface area contributed by atoms with E-state index in [2.05, 4.69) is 30.4 Å². The van der Waals surface area contributed by atoms with Crippen LogP contribution in [0.3, 0.4) is 0 Å². The van der Waals surface area contributed by atoms with Gasteiger partial charge in [-0.3, -0.25) is 0 Å². The molecule has 1 aliphatic heterocycles. The van der Waals surface area contributed by atoms with E-state index in [1.807, 2.05) is 7.05 Å². The molecule has 1 aromatic carbocycles. The maximum atomic E-state index is 5.49. The van der Waals surface area contributed by atoms with Crippen LogP contribution in [-0.4, -0.2) is 19.7 Å². The van der Waals surface area contributed by atoms with E-state index in [0.29, 0.717) is 6.04 Å². The Labute approximate surface area is 91.6 Å². The molecular formula is C13H19NO. The molecule has 0 saturated heterocycles. The molecule has 2 heteroatoms. The summed E-state index contributed by atoms with van der Waals surface area (Å²) < 4.78 is 5.49. The van der Waals surface area contributed by atoms with Crippen LogP contribution in [-0.2, 0) is 12.8 Å². The van der Waals surface area contributed by atoms with Crippen molar-refractivity contribution in [1.82, 2.24) is 5.32 Å². The highest BCUT2D eigenvalue weighted by molar-refractivity contribution is 5.39. The lowest BCUT2D eigenvalue weighted by Gasteiger charge is -2.10. The topological polar surface area (TPSA) is 21.3 Å². The van der Waals surface area contributed by atoms with Crippen molar-refractivity contribution in [3.05, 3.63) is 29.3 Å². The Morgan fingerprint density at radius 2 is 2.33 bits per heavy atom. The van der Waals surface area contributed by atoms with E-state index in [9.17, 15) is 0 Å². The quantitative estimate of drug-likeness (QED) is 0.813. The summed E-state index contributed by atoms with van der Waals surface area (Å²) in [6.07, 6.45) is 3.41. The first kappa shape index (κ1) is 10.5. The normalized spacial score (nSPS) is 15.9. The molecule has 0 bridgehead atoms. The first-order valence-electron chi connectivity index (χ1n) is 5.71. The van der Waals surface area contributed by atoms with Crippen LogP contribution in [0.15, 0.2) is 18.2 Å². The molecule has 0 amide bonds. The third-order valence-electron chi connectivity index (χ3n) is 3.11. The van der Waals surface area contributed by atoms with Gasteiger partial charge in [-0.2, -0.15) is 0 Å². The average molecular weight is 205 g/mol. The summed E-state index contributed by atoms with van der Waals surface area (Å²) in [7, 11) is 2.02. The number of benzene rings is 1. The maximum Gasteiger partial charge on any atom is 0.122 e. The van der Waals surface area contributed by atoms with E-state index in [1.54, 1.807) is 0 Å². The van der Waals surface area contributed by atoms with E-state index >= 15 is 0 Å². The van der Waals surface area contributed by atoms with E-state index in [1.165, 1.54) is 17.5 Å². The van der Waals surface area contributed by atoms with Crippen LogP contribution in [0, 0.1) is 0 Å². The predicted octanol–water partition coefficient (Wildman–Crippen LogP) is 2.16. The van der Waals surface area contributed by atoms with Gasteiger partial charge in [0.1, 0.15) is 5.75 Å². The minimum atomic E-state index is 0.592. The highest BCUT2D eigenvalue weighted by Crippen LogP contribution is 2.26. The van der Waals surface area contributed by atoms with Gasteiger partial charge >= 0.3 is 0 Å². The first-order valence-corrected chi connectivity index (χ1v) is 5.71. The van der Waals surface area contributed by atoms with Crippen molar-refractivity contribution in [2.75, 3.05) is 13.7 Å². The van der Waals surface area contributed by atoms with E-state index in [0.717, 1.165) is 25.2 Å². The zero-order valence-corrected chi connectivity index (χ0v) is 9.55. The summed E-state index contributed by atoms with van der Waals surface area (Å²) in [5.74, 6) is 1.08. The Morgan fingerprint density at radius 3 is 3.13 bits per heavy atom. The van der Waals surface area contributed by atoms with Crippen LogP contribution in [0.4, 0.5) is 0 Å². The Bertz CT molecular complexity index is 335. The molecule has 1 aliphatic rings. The van der Waals surface area contributed by atoms with E-state index in [-0.39, 0.29) is 0 Å². The highest BCUT2D eigenvalue weighted by atomic mass is 16.5. The van der Waals surface area contributed by atoms with Crippen molar-refractivity contribution in [1.29, 1.82) is 0 Å². The first-order chi connectivity index (χ1) is 7.29. The Balaban J connectivity index is 1.98. The molecule has 0 radical (unpaired) electrons. The Hall–Kier alpha value is -1.02. The number of nitrogens with one attached hydrogen (secondary N) is 1. The smallest absolute Gasteiger partial charge is 0.122 e. The third-order valence-corrected chi connectivity index (χ3v) is 3.11. The molecule has 2 nitrogen and oxygen atoms in total. The second kappa shape index (κ2) is 4.67. The Morgan fingerprint density at radius 1 is 1.47 bits per heavy atom. The predicted molar refractivity (Wildman–Crippen MR) is 62.5 cm³/mol. The van der Waals surface area contributed by atoms with Gasteiger partial charge in [0.2, 0.25) is 0 Å². The summed E-state index contributed by atoms with van der Waals surface area (Å²) in [6.45, 7) is 3.07. The molecule has 0 saturated carbocycles. The number of fused-ring (bicyclic) bond motifs is 1. The van der Waals surface area contributed by atoms with Gasteiger partial charge < -0.3 is 10.1 Å². The molecular weight excluding hydrogens is 186 g/mol. The van der Waals surface area contributed by atoms with Crippen molar-refractivity contribution in [3.8, 4) is 5.75 Å². The maximum absolute atomic E-state index is 5.49. The van der Waals surface area contributed by atoms with Crippen LogP contribution >= 0.6 is 0 Å². The summed E-state index contributed by atoms with van der Waals surface area (Å²) >= 11 is 0. The highest BCUT2D eigenvalue weighted by Gasteiger charge is 2.11. The van der Waals surface area contributed by atoms with Crippen molar-refractivity contribution in [2.24, 2.45) is 0 Å². The lowest BCUT2D eigenvalue weighted by molar-refractivity contribution is 0.357. The molecule has 1 heterocycles. The van der Waals surface area contributed by atoms with Crippen LogP contribution in [0.2, 0.25) is 0 Å². The van der Waals surface area contributed by atoms with Crippen LogP contribution in [0.25, 0.3) is 0 Å². The van der Waals surface area contributed by atoms with Gasteiger partial charge in [-0.15, -0.1) is 0 Å². The fraction of sp³-hybridized carbons (Fsp3) is 0.538. The third kappa shape index (κ3) is 2.51. The molecule has 82 valence electrons. The summed E-state index contributed by atoms with van der Waals surface area (Å²) in [5, 5.41) is 3.26. The zero-order valence-electron chi connectivity index (χ0n) is 9.55. The molecule has 1 N–H and O–H groups in total. The fourth-order valence-electron chi connectivity index (χ4n) is 1.92. The summed E-state index contributed by atoms with van der Waals surface area (Å²) in [6, 6.07) is 7.19. The molecule has 0 fully saturated rings. The van der Waals surface area contributed by atoms with E-state index < -0.39 is 0 Å². The van der Waals surface area contributed by atoms with Gasteiger partial charge in [0, 0.05) is 12.5 Å². The fourth-order valence-corrected chi connectivity index (χ4v) is 1.92. The molecule has 1 atom stereocenters. The zero-order chi connectivity index (χ0) is 10.7. The standard InChI is InChI=1S/C13H19NO/c1-10(14-2)3-4-11-5-6-13-12(9-11)7-8-15-13/h5-6,9-10,14H,3-4,7-8H2,1-2H3. The molecule has 1 unspecified atom stereocenters. The minimum Gasteiger partial charge on any atom is -0.493 e. The molecule has 15 heavy (non-hydrogen) atoms. The number of ether oxygens (including phenoxy) is 1. The molecule has 1 aromatic rings. The van der Waals surface area contributed by atoms with Gasteiger partial charge in [0.15, 0.2) is 0 Å². The van der Waals surface area contributed by atoms with Gasteiger partial charge in [-0.25, -0.2) is 0 Å². The van der Waals surface area contributed by atoms with Gasteiger partial charge in [-0.05, 0) is 44.0 Å². The lowest BCUT2D eigenvalue weighted by Crippen LogP contribution is -2.21. The van der Waals surface area contributed by atoms with Crippen LogP contribution in [0.1, 0.15) is 24.5 Å². The molecule has 2 rings (SSSR count). The molecule has 0 aromatic heterocycles. The summed E-state index contributed by atoms with van der Waals surface area (Å²) in [4.78, 5) is 0. The van der Waals surface area contributed by atoms with Gasteiger partial charge in [0.25, 0.3) is 0 Å². The second-order valence-corrected chi connectivity index (χ2v) is 4.27. The van der Waals surface area contributed by atoms with Gasteiger partial charge in [-0.1, -0.05) is 12.1 Å². The number of aryl methyl sites for hydroxylation is 1. The summed E-state index contributed by atoms with van der Waals surface area (Å²) in [5.41, 5.74) is 2.81. The van der Waals surface area contributed by atoms with E-state index in [4.69, 9.17) is 4.74 Å².